The number of aromatic nitrogens is 4. The number of H-pyrrole nitrogens is 1. The Hall–Kier alpha value is -4.01. The Kier molecular flexibility index (Phi) is 3.88. The van der Waals surface area contributed by atoms with E-state index in [0.717, 1.165) is 11.1 Å². The zero-order valence-corrected chi connectivity index (χ0v) is 14.1. The molecule has 0 spiro atoms. The van der Waals surface area contributed by atoms with Gasteiger partial charge in [0.1, 0.15) is 11.4 Å². The van der Waals surface area contributed by atoms with Crippen LogP contribution in [-0.4, -0.2) is 32.8 Å². The smallest absolute Gasteiger partial charge is 0.271 e. The molecule has 0 radical (unpaired) electrons. The monoisotopic (exact) mass is 363 g/mol. The quantitative estimate of drug-likeness (QED) is 0.456. The van der Waals surface area contributed by atoms with Crippen LogP contribution < -0.4 is 20.9 Å². The van der Waals surface area contributed by atoms with E-state index in [0.29, 0.717) is 22.8 Å². The Balaban J connectivity index is 1.82. The van der Waals surface area contributed by atoms with E-state index in [1.807, 2.05) is 30.3 Å². The fourth-order valence-electron chi connectivity index (χ4n) is 2.72. The predicted molar refractivity (Wildman–Crippen MR) is 97.9 cm³/mol. The maximum Gasteiger partial charge on any atom is 0.271 e. The molecule has 0 aliphatic rings. The molecule has 134 valence electrons. The molecule has 0 saturated heterocycles. The Bertz CT molecular complexity index is 1190. The molecule has 3 aromatic carbocycles. The summed E-state index contributed by atoms with van der Waals surface area (Å²) in [6, 6.07) is 12.7. The standard InChI is InChI=1S/C18H13N5O4/c1-27-13-4-2-3-9(8-13)10-5-11(18-20-22-23-21-18)7-12(6-10)19-14-15(24)17(26)16(14)25/h2-8,19,24H,1H3,(H,20,21,22,23). The number of anilines is 2. The maximum absolute atomic E-state index is 11.6. The summed E-state index contributed by atoms with van der Waals surface area (Å²) in [6.45, 7) is 0. The topological polar surface area (TPSA) is 130 Å². The van der Waals surface area contributed by atoms with Gasteiger partial charge in [0.2, 0.25) is 5.82 Å². The Morgan fingerprint density at radius 3 is 2.56 bits per heavy atom. The van der Waals surface area contributed by atoms with Crippen molar-refractivity contribution in [2.45, 2.75) is 0 Å². The molecule has 0 aliphatic heterocycles. The average molecular weight is 363 g/mol. The molecule has 0 fully saturated rings. The lowest BCUT2D eigenvalue weighted by Crippen LogP contribution is -2.32. The summed E-state index contributed by atoms with van der Waals surface area (Å²) in [4.78, 5) is 22.9. The first kappa shape index (κ1) is 16.5. The zero-order chi connectivity index (χ0) is 19.0. The highest BCUT2D eigenvalue weighted by Crippen LogP contribution is 2.32. The summed E-state index contributed by atoms with van der Waals surface area (Å²) in [7, 11) is 1.58. The molecule has 9 heteroatoms. The zero-order valence-electron chi connectivity index (χ0n) is 14.1. The number of tetrazole rings is 1. The molecule has 1 aromatic heterocycles. The minimum Gasteiger partial charge on any atom is -0.502 e. The van der Waals surface area contributed by atoms with Crippen LogP contribution in [0.2, 0.25) is 0 Å². The molecule has 0 atom stereocenters. The largest absolute Gasteiger partial charge is 0.502 e. The first-order chi connectivity index (χ1) is 13.1. The number of hydrogen-bond donors (Lipinski definition) is 3. The van der Waals surface area contributed by atoms with Crippen molar-refractivity contribution in [2.75, 3.05) is 12.4 Å². The third kappa shape index (κ3) is 2.91. The van der Waals surface area contributed by atoms with Gasteiger partial charge in [-0.05, 0) is 46.7 Å². The van der Waals surface area contributed by atoms with E-state index in [1.165, 1.54) is 0 Å². The van der Waals surface area contributed by atoms with Crippen LogP contribution in [-0.2, 0) is 0 Å². The summed E-state index contributed by atoms with van der Waals surface area (Å²) in [6.07, 6.45) is 0. The number of aromatic hydroxyl groups is 1. The second-order valence-corrected chi connectivity index (χ2v) is 5.77. The average Bonchev–Trinajstić information content (AvgIpc) is 3.26. The summed E-state index contributed by atoms with van der Waals surface area (Å²) in [5, 5.41) is 26.3. The molecule has 0 unspecified atom stereocenters. The fraction of sp³-hybridized carbons (Fsp3) is 0.0556. The molecule has 27 heavy (non-hydrogen) atoms. The van der Waals surface area contributed by atoms with Crippen molar-refractivity contribution in [1.82, 2.24) is 20.6 Å². The van der Waals surface area contributed by atoms with Crippen molar-refractivity contribution < 1.29 is 9.84 Å². The van der Waals surface area contributed by atoms with Gasteiger partial charge in [0, 0.05) is 11.3 Å². The second kappa shape index (κ2) is 6.37. The van der Waals surface area contributed by atoms with E-state index in [4.69, 9.17) is 4.74 Å². The molecule has 0 bridgehead atoms. The van der Waals surface area contributed by atoms with Gasteiger partial charge < -0.3 is 15.2 Å². The van der Waals surface area contributed by atoms with Crippen LogP contribution in [0, 0.1) is 0 Å². The van der Waals surface area contributed by atoms with Gasteiger partial charge in [0.25, 0.3) is 10.9 Å². The van der Waals surface area contributed by atoms with E-state index in [9.17, 15) is 14.7 Å². The summed E-state index contributed by atoms with van der Waals surface area (Å²) < 4.78 is 5.26. The number of methoxy groups -OCH3 is 1. The van der Waals surface area contributed by atoms with Crippen LogP contribution in [0.1, 0.15) is 0 Å². The molecule has 0 aliphatic carbocycles. The molecule has 3 N–H and O–H groups in total. The van der Waals surface area contributed by atoms with E-state index in [1.54, 1.807) is 19.2 Å². The molecule has 4 aromatic rings. The van der Waals surface area contributed by atoms with Crippen molar-refractivity contribution in [3.63, 3.8) is 0 Å². The van der Waals surface area contributed by atoms with Gasteiger partial charge in [-0.2, -0.15) is 5.21 Å². The highest BCUT2D eigenvalue weighted by atomic mass is 16.5. The lowest BCUT2D eigenvalue weighted by molar-refractivity contribution is 0.415. The maximum atomic E-state index is 11.6. The van der Waals surface area contributed by atoms with Gasteiger partial charge in [-0.3, -0.25) is 9.59 Å². The Morgan fingerprint density at radius 2 is 1.85 bits per heavy atom. The van der Waals surface area contributed by atoms with Crippen LogP contribution in [0.15, 0.2) is 52.1 Å². The van der Waals surface area contributed by atoms with Crippen LogP contribution >= 0.6 is 0 Å². The van der Waals surface area contributed by atoms with E-state index in [2.05, 4.69) is 25.9 Å². The number of benzene rings is 2. The lowest BCUT2D eigenvalue weighted by atomic mass is 10.0. The van der Waals surface area contributed by atoms with Gasteiger partial charge in [0.05, 0.1) is 7.11 Å². The van der Waals surface area contributed by atoms with Crippen molar-refractivity contribution in [1.29, 1.82) is 0 Å². The van der Waals surface area contributed by atoms with Gasteiger partial charge in [-0.25, -0.2) is 0 Å². The summed E-state index contributed by atoms with van der Waals surface area (Å²) in [5.74, 6) is 0.469. The minimum atomic E-state index is -0.903. The minimum absolute atomic E-state index is 0.137. The molecule has 0 saturated carbocycles. The second-order valence-electron chi connectivity index (χ2n) is 5.77. The van der Waals surface area contributed by atoms with Crippen molar-refractivity contribution in [3.05, 3.63) is 62.9 Å². The molecule has 4 rings (SSSR count). The Morgan fingerprint density at radius 1 is 1.04 bits per heavy atom. The highest BCUT2D eigenvalue weighted by Gasteiger charge is 2.20. The fourth-order valence-corrected chi connectivity index (χ4v) is 2.72. The number of aromatic amines is 1. The molecule has 9 nitrogen and oxygen atoms in total. The highest BCUT2D eigenvalue weighted by molar-refractivity contribution is 5.79. The first-order valence-corrected chi connectivity index (χ1v) is 7.89. The van der Waals surface area contributed by atoms with Crippen molar-refractivity contribution >= 4 is 11.4 Å². The number of ether oxygens (including phenoxy) is 1. The lowest BCUT2D eigenvalue weighted by Gasteiger charge is -2.13. The van der Waals surface area contributed by atoms with Gasteiger partial charge in [-0.15, -0.1) is 10.2 Å². The molecule has 1 heterocycles. The number of rotatable bonds is 5. The van der Waals surface area contributed by atoms with E-state index >= 15 is 0 Å². The SMILES string of the molecule is COc1cccc(-c2cc(Nc3c(O)c(=O)c3=O)cc(-c3nn[nH]n3)c2)c1. The number of nitrogens with zero attached hydrogens (tertiary/aromatic N) is 3. The molecular weight excluding hydrogens is 350 g/mol. The molecular formula is C18H13N5O4. The number of hydrogen-bond acceptors (Lipinski definition) is 8. The van der Waals surface area contributed by atoms with Crippen LogP contribution in [0.5, 0.6) is 11.5 Å². The van der Waals surface area contributed by atoms with Crippen molar-refractivity contribution in [2.24, 2.45) is 0 Å². The van der Waals surface area contributed by atoms with E-state index in [-0.39, 0.29) is 5.69 Å². The third-order valence-electron chi connectivity index (χ3n) is 4.09. The normalized spacial score (nSPS) is 10.9. The van der Waals surface area contributed by atoms with Gasteiger partial charge >= 0.3 is 0 Å². The Labute approximate surface area is 152 Å². The molecule has 0 amide bonds. The van der Waals surface area contributed by atoms with Gasteiger partial charge in [-0.1, -0.05) is 12.1 Å². The third-order valence-corrected chi connectivity index (χ3v) is 4.09. The van der Waals surface area contributed by atoms with Crippen LogP contribution in [0.4, 0.5) is 11.4 Å². The van der Waals surface area contributed by atoms with Crippen molar-refractivity contribution in [3.8, 4) is 34.0 Å². The van der Waals surface area contributed by atoms with Crippen LogP contribution in [0.3, 0.4) is 0 Å². The van der Waals surface area contributed by atoms with E-state index < -0.39 is 16.6 Å². The first-order valence-electron chi connectivity index (χ1n) is 7.89. The van der Waals surface area contributed by atoms with Gasteiger partial charge in [0.15, 0.2) is 5.75 Å². The number of nitrogens with one attached hydrogen (secondary N) is 2. The predicted octanol–water partition coefficient (Wildman–Crippen LogP) is 1.59. The summed E-state index contributed by atoms with van der Waals surface area (Å²) in [5.41, 5.74) is 0.957. The van der Waals surface area contributed by atoms with Crippen LogP contribution in [0.25, 0.3) is 22.5 Å². The summed E-state index contributed by atoms with van der Waals surface area (Å²) >= 11 is 0.